The van der Waals surface area contributed by atoms with Gasteiger partial charge in [-0.3, -0.25) is 9.48 Å². The van der Waals surface area contributed by atoms with Crippen LogP contribution in [0.4, 0.5) is 10.1 Å². The van der Waals surface area contributed by atoms with Crippen LogP contribution in [0.2, 0.25) is 0 Å². The molecule has 2 aliphatic rings. The van der Waals surface area contributed by atoms with Crippen molar-refractivity contribution in [1.82, 2.24) is 14.7 Å². The standard InChI is InChI=1S/C22H29FN4O/c1-15-11-16(2)26(24-15)14-21(28)25-10-9-20-17(13-25)12-22(3,4)27(20)19-7-5-18(23)6-8-19/h5-8,11,17,20H,9-10,12-14H2,1-4H3/t17-,20+/m1/s1. The van der Waals surface area contributed by atoms with Crippen LogP contribution in [0.5, 0.6) is 0 Å². The second kappa shape index (κ2) is 6.90. The Morgan fingerprint density at radius 2 is 1.96 bits per heavy atom. The molecule has 0 N–H and O–H groups in total. The Kier molecular flexibility index (Phi) is 4.68. The van der Waals surface area contributed by atoms with Gasteiger partial charge in [-0.05, 0) is 76.8 Å². The molecule has 0 aliphatic carbocycles. The SMILES string of the molecule is Cc1cc(C)n(CC(=O)N2CC[C@H]3[C@@H](C2)CC(C)(C)N3c2ccc(F)cc2)n1. The minimum Gasteiger partial charge on any atom is -0.363 e. The number of fused-ring (bicyclic) bond motifs is 1. The summed E-state index contributed by atoms with van der Waals surface area (Å²) >= 11 is 0. The molecule has 0 unspecified atom stereocenters. The Bertz CT molecular complexity index is 873. The van der Waals surface area contributed by atoms with Crippen molar-refractivity contribution < 1.29 is 9.18 Å². The molecule has 5 nitrogen and oxygen atoms in total. The van der Waals surface area contributed by atoms with E-state index in [1.54, 1.807) is 4.68 Å². The average molecular weight is 384 g/mol. The third-order valence-corrected chi connectivity index (χ3v) is 6.29. The van der Waals surface area contributed by atoms with Crippen molar-refractivity contribution in [2.45, 2.75) is 58.7 Å². The molecule has 2 saturated heterocycles. The number of rotatable bonds is 3. The number of hydrogen-bond donors (Lipinski definition) is 0. The van der Waals surface area contributed by atoms with Crippen LogP contribution in [0.1, 0.15) is 38.1 Å². The van der Waals surface area contributed by atoms with Crippen LogP contribution in [-0.4, -0.2) is 45.3 Å². The lowest BCUT2D eigenvalue weighted by Crippen LogP contribution is -2.50. The number of carbonyl (C=O) groups is 1. The van der Waals surface area contributed by atoms with Gasteiger partial charge >= 0.3 is 0 Å². The van der Waals surface area contributed by atoms with Gasteiger partial charge < -0.3 is 9.80 Å². The second-order valence-electron chi connectivity index (χ2n) is 8.90. The first-order valence-corrected chi connectivity index (χ1v) is 10.1. The zero-order chi connectivity index (χ0) is 20.1. The van der Waals surface area contributed by atoms with Crippen molar-refractivity contribution in [2.24, 2.45) is 5.92 Å². The lowest BCUT2D eigenvalue weighted by atomic mass is 9.89. The molecule has 0 bridgehead atoms. The summed E-state index contributed by atoms with van der Waals surface area (Å²) in [5.41, 5.74) is 3.02. The van der Waals surface area contributed by atoms with E-state index in [0.29, 0.717) is 18.5 Å². The number of amides is 1. The molecular formula is C22H29FN4O. The summed E-state index contributed by atoms with van der Waals surface area (Å²) in [5.74, 6) is 0.364. The Labute approximate surface area is 166 Å². The molecule has 0 radical (unpaired) electrons. The van der Waals surface area contributed by atoms with Gasteiger partial charge in [0.2, 0.25) is 5.91 Å². The summed E-state index contributed by atoms with van der Waals surface area (Å²) < 4.78 is 15.2. The first-order valence-electron chi connectivity index (χ1n) is 10.1. The number of hydrogen-bond acceptors (Lipinski definition) is 3. The summed E-state index contributed by atoms with van der Waals surface area (Å²) in [5, 5.41) is 4.42. The quantitative estimate of drug-likeness (QED) is 0.813. The Hall–Kier alpha value is -2.37. The summed E-state index contributed by atoms with van der Waals surface area (Å²) in [6.45, 7) is 10.3. The van der Waals surface area contributed by atoms with Crippen LogP contribution in [0.3, 0.4) is 0 Å². The maximum atomic E-state index is 13.4. The highest BCUT2D eigenvalue weighted by Gasteiger charge is 2.48. The smallest absolute Gasteiger partial charge is 0.244 e. The van der Waals surface area contributed by atoms with Crippen LogP contribution in [0, 0.1) is 25.6 Å². The molecule has 2 aliphatic heterocycles. The number of likely N-dealkylation sites (tertiary alicyclic amines) is 1. The third kappa shape index (κ3) is 3.40. The maximum absolute atomic E-state index is 13.4. The van der Waals surface area contributed by atoms with Crippen molar-refractivity contribution in [3.8, 4) is 0 Å². The van der Waals surface area contributed by atoms with Crippen LogP contribution in [0.15, 0.2) is 30.3 Å². The molecule has 2 fully saturated rings. The topological polar surface area (TPSA) is 41.4 Å². The van der Waals surface area contributed by atoms with Gasteiger partial charge in [-0.1, -0.05) is 0 Å². The second-order valence-corrected chi connectivity index (χ2v) is 8.90. The van der Waals surface area contributed by atoms with E-state index in [0.717, 1.165) is 43.0 Å². The summed E-state index contributed by atoms with van der Waals surface area (Å²) in [6, 6.07) is 9.20. The zero-order valence-corrected chi connectivity index (χ0v) is 17.2. The van der Waals surface area contributed by atoms with Crippen LogP contribution < -0.4 is 4.90 Å². The van der Waals surface area contributed by atoms with E-state index in [4.69, 9.17) is 0 Å². The van der Waals surface area contributed by atoms with Crippen LogP contribution in [-0.2, 0) is 11.3 Å². The zero-order valence-electron chi connectivity index (χ0n) is 17.2. The van der Waals surface area contributed by atoms with Crippen LogP contribution >= 0.6 is 0 Å². The lowest BCUT2D eigenvalue weighted by molar-refractivity contribution is -0.133. The summed E-state index contributed by atoms with van der Waals surface area (Å²) in [4.78, 5) is 17.3. The molecule has 150 valence electrons. The van der Waals surface area contributed by atoms with E-state index < -0.39 is 0 Å². The predicted molar refractivity (Wildman–Crippen MR) is 108 cm³/mol. The first kappa shape index (κ1) is 19.0. The average Bonchev–Trinajstić information content (AvgIpc) is 3.08. The molecule has 0 spiro atoms. The van der Waals surface area contributed by atoms with Gasteiger partial charge in [0.05, 0.1) is 5.69 Å². The van der Waals surface area contributed by atoms with Crippen molar-refractivity contribution in [2.75, 3.05) is 18.0 Å². The van der Waals surface area contributed by atoms with E-state index in [9.17, 15) is 9.18 Å². The van der Waals surface area contributed by atoms with Crippen molar-refractivity contribution >= 4 is 11.6 Å². The number of nitrogens with zero attached hydrogens (tertiary/aromatic N) is 4. The van der Waals surface area contributed by atoms with Gasteiger partial charge in [-0.25, -0.2) is 4.39 Å². The van der Waals surface area contributed by atoms with E-state index in [1.807, 2.05) is 36.9 Å². The molecule has 28 heavy (non-hydrogen) atoms. The Morgan fingerprint density at radius 1 is 1.25 bits per heavy atom. The fraction of sp³-hybridized carbons (Fsp3) is 0.545. The first-order chi connectivity index (χ1) is 13.2. The van der Waals surface area contributed by atoms with Gasteiger partial charge in [0.1, 0.15) is 12.4 Å². The number of anilines is 1. The van der Waals surface area contributed by atoms with E-state index in [2.05, 4.69) is 23.8 Å². The minimum absolute atomic E-state index is 0.0120. The summed E-state index contributed by atoms with van der Waals surface area (Å²) in [7, 11) is 0. The maximum Gasteiger partial charge on any atom is 0.244 e. The van der Waals surface area contributed by atoms with E-state index in [1.165, 1.54) is 12.1 Å². The molecule has 3 heterocycles. The van der Waals surface area contributed by atoms with Gasteiger partial charge in [0.25, 0.3) is 0 Å². The Morgan fingerprint density at radius 3 is 2.61 bits per heavy atom. The monoisotopic (exact) mass is 384 g/mol. The lowest BCUT2D eigenvalue weighted by Gasteiger charge is -2.42. The molecule has 4 rings (SSSR count). The largest absolute Gasteiger partial charge is 0.363 e. The van der Waals surface area contributed by atoms with Gasteiger partial charge in [-0.15, -0.1) is 0 Å². The van der Waals surface area contributed by atoms with E-state index >= 15 is 0 Å². The van der Waals surface area contributed by atoms with Crippen molar-refractivity contribution in [1.29, 1.82) is 0 Å². The molecule has 0 saturated carbocycles. The van der Waals surface area contributed by atoms with Crippen molar-refractivity contribution in [3.05, 3.63) is 47.5 Å². The number of aryl methyl sites for hydroxylation is 2. The van der Waals surface area contributed by atoms with Gasteiger partial charge in [-0.2, -0.15) is 5.10 Å². The molecule has 1 aromatic heterocycles. The molecular weight excluding hydrogens is 355 g/mol. The Balaban J connectivity index is 1.48. The highest BCUT2D eigenvalue weighted by molar-refractivity contribution is 5.76. The predicted octanol–water partition coefficient (Wildman–Crippen LogP) is 3.55. The molecule has 2 atom stereocenters. The number of benzene rings is 1. The van der Waals surface area contributed by atoms with Gasteiger partial charge in [0, 0.05) is 36.1 Å². The third-order valence-electron chi connectivity index (χ3n) is 6.29. The number of halogens is 1. The highest BCUT2D eigenvalue weighted by atomic mass is 19.1. The normalized spacial score (nSPS) is 23.8. The highest BCUT2D eigenvalue weighted by Crippen LogP contribution is 2.44. The summed E-state index contributed by atoms with van der Waals surface area (Å²) in [6.07, 6.45) is 1.97. The molecule has 1 aromatic carbocycles. The van der Waals surface area contributed by atoms with Gasteiger partial charge in [0.15, 0.2) is 0 Å². The minimum atomic E-state index is -0.207. The van der Waals surface area contributed by atoms with E-state index in [-0.39, 0.29) is 17.3 Å². The number of carbonyl (C=O) groups excluding carboxylic acids is 1. The van der Waals surface area contributed by atoms with Crippen LogP contribution in [0.25, 0.3) is 0 Å². The fourth-order valence-corrected chi connectivity index (χ4v) is 5.18. The molecule has 6 heteroatoms. The molecule has 1 amide bonds. The fourth-order valence-electron chi connectivity index (χ4n) is 5.18. The molecule has 2 aromatic rings. The van der Waals surface area contributed by atoms with Crippen molar-refractivity contribution in [3.63, 3.8) is 0 Å². The number of aromatic nitrogens is 2. The number of piperidine rings is 1.